The number of aromatic nitrogens is 2. The lowest BCUT2D eigenvalue weighted by Gasteiger charge is -2.15. The molecule has 0 aliphatic heterocycles. The fourth-order valence-electron chi connectivity index (χ4n) is 1.67. The Morgan fingerprint density at radius 2 is 2.06 bits per heavy atom. The Labute approximate surface area is 104 Å². The number of hydrogen-bond donors (Lipinski definition) is 4. The third kappa shape index (κ3) is 2.47. The van der Waals surface area contributed by atoms with Crippen LogP contribution in [0.3, 0.4) is 0 Å². The number of aromatic amines is 2. The second-order valence-corrected chi connectivity index (χ2v) is 4.24. The van der Waals surface area contributed by atoms with Gasteiger partial charge in [0.2, 0.25) is 0 Å². The molecule has 0 radical (unpaired) electrons. The Bertz CT molecular complexity index is 601. The van der Waals surface area contributed by atoms with Gasteiger partial charge in [-0.25, -0.2) is 4.79 Å². The lowest BCUT2D eigenvalue weighted by Crippen LogP contribution is -2.34. The van der Waals surface area contributed by atoms with Gasteiger partial charge in [-0.3, -0.25) is 0 Å². The number of fused-ring (bicyclic) bond motifs is 1. The molecule has 90 valence electrons. The van der Waals surface area contributed by atoms with Crippen molar-refractivity contribution in [3.63, 3.8) is 0 Å². The van der Waals surface area contributed by atoms with E-state index in [2.05, 4.69) is 20.6 Å². The monoisotopic (exact) mass is 250 g/mol. The Balaban J connectivity index is 2.29. The van der Waals surface area contributed by atoms with Crippen LogP contribution in [0.1, 0.15) is 18.5 Å². The molecule has 1 aromatic carbocycles. The number of benzene rings is 1. The van der Waals surface area contributed by atoms with Crippen molar-refractivity contribution >= 4 is 28.4 Å². The third-order valence-corrected chi connectivity index (χ3v) is 2.94. The van der Waals surface area contributed by atoms with Crippen molar-refractivity contribution in [3.05, 3.63) is 34.2 Å². The first-order valence-electron chi connectivity index (χ1n) is 5.30. The summed E-state index contributed by atoms with van der Waals surface area (Å²) in [6.07, 6.45) is 0. The minimum atomic E-state index is -0.191. The topological polar surface area (TPSA) is 72.7 Å². The van der Waals surface area contributed by atoms with E-state index in [-0.39, 0.29) is 11.7 Å². The highest BCUT2D eigenvalue weighted by atomic mass is 32.1. The fraction of sp³-hybridized carbons (Fsp3) is 0.273. The summed E-state index contributed by atoms with van der Waals surface area (Å²) in [6, 6.07) is 5.85. The van der Waals surface area contributed by atoms with Crippen molar-refractivity contribution < 1.29 is 0 Å². The van der Waals surface area contributed by atoms with Gasteiger partial charge >= 0.3 is 5.69 Å². The Morgan fingerprint density at radius 3 is 2.76 bits per heavy atom. The van der Waals surface area contributed by atoms with Crippen LogP contribution in [0.2, 0.25) is 0 Å². The lowest BCUT2D eigenvalue weighted by atomic mass is 10.1. The largest absolute Gasteiger partial charge is 0.366 e. The Morgan fingerprint density at radius 1 is 1.35 bits per heavy atom. The smallest absolute Gasteiger partial charge is 0.323 e. The number of thiocarbonyl (C=S) groups is 1. The van der Waals surface area contributed by atoms with E-state index in [1.54, 1.807) is 7.05 Å². The van der Waals surface area contributed by atoms with Crippen molar-refractivity contribution in [1.82, 2.24) is 20.6 Å². The first-order chi connectivity index (χ1) is 8.10. The van der Waals surface area contributed by atoms with E-state index in [4.69, 9.17) is 12.2 Å². The van der Waals surface area contributed by atoms with Crippen molar-refractivity contribution in [2.45, 2.75) is 13.0 Å². The van der Waals surface area contributed by atoms with E-state index >= 15 is 0 Å². The summed E-state index contributed by atoms with van der Waals surface area (Å²) in [6.45, 7) is 2.01. The van der Waals surface area contributed by atoms with Gasteiger partial charge in [-0.15, -0.1) is 0 Å². The molecule has 0 aliphatic rings. The van der Waals surface area contributed by atoms with E-state index < -0.39 is 0 Å². The Hall–Kier alpha value is -1.82. The van der Waals surface area contributed by atoms with Gasteiger partial charge in [0, 0.05) is 7.05 Å². The molecule has 0 saturated carbocycles. The molecule has 1 aromatic heterocycles. The standard InChI is InChI=1S/C11H14N4OS/c1-6(13-11(17)12-2)7-3-4-8-9(5-7)15-10(16)14-8/h3-6H,1-2H3,(H2,12,13,17)(H2,14,15,16)/t6-/m1/s1. The van der Waals surface area contributed by atoms with Gasteiger partial charge in [0.25, 0.3) is 0 Å². The molecule has 2 rings (SSSR count). The lowest BCUT2D eigenvalue weighted by molar-refractivity contribution is 0.710. The zero-order valence-electron chi connectivity index (χ0n) is 9.63. The summed E-state index contributed by atoms with van der Waals surface area (Å²) in [5.41, 5.74) is 2.48. The first kappa shape index (κ1) is 11.7. The van der Waals surface area contributed by atoms with Gasteiger partial charge in [-0.2, -0.15) is 0 Å². The molecule has 5 nitrogen and oxygen atoms in total. The van der Waals surface area contributed by atoms with Gasteiger partial charge in [0.05, 0.1) is 17.1 Å². The number of hydrogen-bond acceptors (Lipinski definition) is 2. The molecule has 0 spiro atoms. The van der Waals surface area contributed by atoms with Crippen molar-refractivity contribution in [3.8, 4) is 0 Å². The zero-order valence-corrected chi connectivity index (χ0v) is 10.4. The predicted molar refractivity (Wildman–Crippen MR) is 72.1 cm³/mol. The zero-order chi connectivity index (χ0) is 12.4. The maximum Gasteiger partial charge on any atom is 0.323 e. The van der Waals surface area contributed by atoms with Crippen LogP contribution >= 0.6 is 12.2 Å². The maximum absolute atomic E-state index is 11.1. The molecule has 0 aliphatic carbocycles. The van der Waals surface area contributed by atoms with Crippen molar-refractivity contribution in [1.29, 1.82) is 0 Å². The highest BCUT2D eigenvalue weighted by Crippen LogP contribution is 2.16. The molecule has 0 bridgehead atoms. The van der Waals surface area contributed by atoms with E-state index in [1.807, 2.05) is 25.1 Å². The van der Waals surface area contributed by atoms with Gasteiger partial charge in [0.15, 0.2) is 5.11 Å². The summed E-state index contributed by atoms with van der Waals surface area (Å²) >= 11 is 5.05. The van der Waals surface area contributed by atoms with Crippen LogP contribution in [0.4, 0.5) is 0 Å². The second kappa shape index (κ2) is 4.58. The van der Waals surface area contributed by atoms with Crippen LogP contribution in [0.15, 0.2) is 23.0 Å². The number of imidazole rings is 1. The van der Waals surface area contributed by atoms with Crippen LogP contribution in [0.5, 0.6) is 0 Å². The number of nitrogens with one attached hydrogen (secondary N) is 4. The summed E-state index contributed by atoms with van der Waals surface area (Å²) in [5, 5.41) is 6.60. The van der Waals surface area contributed by atoms with E-state index in [0.717, 1.165) is 16.6 Å². The van der Waals surface area contributed by atoms with Crippen LogP contribution in [0, 0.1) is 0 Å². The maximum atomic E-state index is 11.1. The SMILES string of the molecule is CNC(=S)N[C@H](C)c1ccc2[nH]c(=O)[nH]c2c1. The van der Waals surface area contributed by atoms with E-state index in [9.17, 15) is 4.79 Å². The van der Waals surface area contributed by atoms with Crippen LogP contribution in [-0.4, -0.2) is 22.1 Å². The average molecular weight is 250 g/mol. The molecule has 0 fully saturated rings. The highest BCUT2D eigenvalue weighted by molar-refractivity contribution is 7.80. The van der Waals surface area contributed by atoms with Gasteiger partial charge in [-0.1, -0.05) is 6.07 Å². The van der Waals surface area contributed by atoms with Gasteiger partial charge in [-0.05, 0) is 36.8 Å². The van der Waals surface area contributed by atoms with Crippen LogP contribution < -0.4 is 16.3 Å². The van der Waals surface area contributed by atoms with Gasteiger partial charge in [0.1, 0.15) is 0 Å². The predicted octanol–water partition coefficient (Wildman–Crippen LogP) is 1.01. The number of rotatable bonds is 2. The summed E-state index contributed by atoms with van der Waals surface area (Å²) < 4.78 is 0. The summed E-state index contributed by atoms with van der Waals surface area (Å²) in [7, 11) is 1.77. The molecule has 4 N–H and O–H groups in total. The summed E-state index contributed by atoms with van der Waals surface area (Å²) in [5.74, 6) is 0. The average Bonchev–Trinajstić information content (AvgIpc) is 2.67. The normalized spacial score (nSPS) is 12.4. The molecule has 1 heterocycles. The Kier molecular flexibility index (Phi) is 3.14. The summed E-state index contributed by atoms with van der Waals surface area (Å²) in [4.78, 5) is 16.6. The van der Waals surface area contributed by atoms with Crippen LogP contribution in [-0.2, 0) is 0 Å². The quantitative estimate of drug-likeness (QED) is 0.600. The van der Waals surface area contributed by atoms with E-state index in [1.165, 1.54) is 0 Å². The number of H-pyrrole nitrogens is 2. The molecular weight excluding hydrogens is 236 g/mol. The molecule has 0 saturated heterocycles. The van der Waals surface area contributed by atoms with E-state index in [0.29, 0.717) is 5.11 Å². The molecule has 17 heavy (non-hydrogen) atoms. The van der Waals surface area contributed by atoms with Crippen LogP contribution in [0.25, 0.3) is 11.0 Å². The molecule has 1 atom stereocenters. The van der Waals surface area contributed by atoms with Crippen molar-refractivity contribution in [2.24, 2.45) is 0 Å². The molecular formula is C11H14N4OS. The minimum Gasteiger partial charge on any atom is -0.366 e. The second-order valence-electron chi connectivity index (χ2n) is 3.83. The molecule has 0 amide bonds. The van der Waals surface area contributed by atoms with Gasteiger partial charge < -0.3 is 20.6 Å². The first-order valence-corrected chi connectivity index (χ1v) is 5.71. The minimum absolute atomic E-state index is 0.0813. The molecule has 0 unspecified atom stereocenters. The highest BCUT2D eigenvalue weighted by Gasteiger charge is 2.07. The molecule has 2 aromatic rings. The fourth-order valence-corrected chi connectivity index (χ4v) is 1.85. The molecule has 6 heteroatoms. The third-order valence-electron chi connectivity index (χ3n) is 2.61. The van der Waals surface area contributed by atoms with Crippen molar-refractivity contribution in [2.75, 3.05) is 7.05 Å².